The first-order valence-electron chi connectivity index (χ1n) is 32.5. The van der Waals surface area contributed by atoms with Crippen molar-refractivity contribution in [2.24, 2.45) is 0 Å². The van der Waals surface area contributed by atoms with Crippen LogP contribution in [0.1, 0.15) is 341 Å². The smallest absolute Gasteiger partial charge is 0.268 e. The lowest BCUT2D eigenvalue weighted by Gasteiger charge is -2.30. The number of unbranched alkanes of at least 4 members (excludes halogenated alkanes) is 46. The maximum absolute atomic E-state index is 13.0. The van der Waals surface area contributed by atoms with E-state index < -0.39 is 20.0 Å². The van der Waals surface area contributed by atoms with Gasteiger partial charge < -0.3 is 28.8 Å². The molecule has 0 aliphatic heterocycles. The lowest BCUT2D eigenvalue weighted by atomic mass is 10.0. The van der Waals surface area contributed by atoms with Gasteiger partial charge in [-0.25, -0.2) is 0 Å². The van der Waals surface area contributed by atoms with Crippen molar-refractivity contribution >= 4 is 13.7 Å². The molecule has 0 radical (unpaired) electrons. The van der Waals surface area contributed by atoms with Crippen LogP contribution in [0.5, 0.6) is 0 Å². The van der Waals surface area contributed by atoms with Gasteiger partial charge in [0.05, 0.1) is 39.9 Å². The summed E-state index contributed by atoms with van der Waals surface area (Å²) in [7, 11) is 1.32. The van der Waals surface area contributed by atoms with Gasteiger partial charge in [0, 0.05) is 6.42 Å². The maximum atomic E-state index is 13.0. The zero-order valence-corrected chi connectivity index (χ0v) is 50.8. The molecule has 436 valence electrons. The normalized spacial score (nSPS) is 13.8. The summed E-state index contributed by atoms with van der Waals surface area (Å²) in [6.07, 6.45) is 69.9. The van der Waals surface area contributed by atoms with Crippen LogP contribution in [0, 0.1) is 0 Å². The summed E-state index contributed by atoms with van der Waals surface area (Å²) < 4.78 is 23.5. The van der Waals surface area contributed by atoms with E-state index in [1.165, 1.54) is 276 Å². The molecule has 0 bridgehead atoms. The largest absolute Gasteiger partial charge is 0.756 e. The Morgan fingerprint density at radius 2 is 0.753 bits per heavy atom. The van der Waals surface area contributed by atoms with Gasteiger partial charge >= 0.3 is 0 Å². The van der Waals surface area contributed by atoms with Gasteiger partial charge in [-0.05, 0) is 38.5 Å². The molecular formula is C64H129N2O6P. The molecule has 0 aromatic carbocycles. The molecule has 0 aliphatic rings. The van der Waals surface area contributed by atoms with Crippen molar-refractivity contribution in [3.8, 4) is 0 Å². The Bertz CT molecular complexity index is 1200. The van der Waals surface area contributed by atoms with E-state index in [1.807, 2.05) is 21.1 Å². The summed E-state index contributed by atoms with van der Waals surface area (Å²) in [6.45, 7) is 4.77. The van der Waals surface area contributed by atoms with Crippen molar-refractivity contribution in [3.63, 3.8) is 0 Å². The van der Waals surface area contributed by atoms with E-state index in [2.05, 4.69) is 31.3 Å². The second-order valence-corrected chi connectivity index (χ2v) is 25.2. The van der Waals surface area contributed by atoms with Crippen LogP contribution in [-0.2, 0) is 18.4 Å². The van der Waals surface area contributed by atoms with Crippen molar-refractivity contribution in [2.45, 2.75) is 353 Å². The Hall–Kier alpha value is -0.760. The first-order valence-corrected chi connectivity index (χ1v) is 34.0. The van der Waals surface area contributed by atoms with Crippen LogP contribution in [-0.4, -0.2) is 68.5 Å². The number of nitrogens with one attached hydrogen (secondary N) is 1. The zero-order valence-electron chi connectivity index (χ0n) is 49.9. The minimum absolute atomic E-state index is 0.0139. The zero-order chi connectivity index (χ0) is 53.5. The van der Waals surface area contributed by atoms with Crippen LogP contribution in [0.15, 0.2) is 12.2 Å². The van der Waals surface area contributed by atoms with Crippen molar-refractivity contribution in [3.05, 3.63) is 12.2 Å². The highest BCUT2D eigenvalue weighted by atomic mass is 31.2. The van der Waals surface area contributed by atoms with Gasteiger partial charge in [0.2, 0.25) is 5.91 Å². The second kappa shape index (κ2) is 56.0. The summed E-state index contributed by atoms with van der Waals surface area (Å²) in [6, 6.07) is -0.801. The molecule has 1 amide bonds. The van der Waals surface area contributed by atoms with Gasteiger partial charge in [-0.3, -0.25) is 9.36 Å². The van der Waals surface area contributed by atoms with E-state index in [0.29, 0.717) is 23.9 Å². The summed E-state index contributed by atoms with van der Waals surface area (Å²) in [5.41, 5.74) is 0. The third kappa shape index (κ3) is 58.8. The van der Waals surface area contributed by atoms with E-state index >= 15 is 0 Å². The summed E-state index contributed by atoms with van der Waals surface area (Å²) in [4.78, 5) is 25.6. The number of likely N-dealkylation sites (N-methyl/N-ethyl adjacent to an activating group) is 1. The predicted octanol–water partition coefficient (Wildman–Crippen LogP) is 19.5. The monoisotopic (exact) mass is 1050 g/mol. The van der Waals surface area contributed by atoms with Crippen molar-refractivity contribution < 1.29 is 32.9 Å². The van der Waals surface area contributed by atoms with Crippen molar-refractivity contribution in [1.82, 2.24) is 5.32 Å². The van der Waals surface area contributed by atoms with Crippen molar-refractivity contribution in [2.75, 3.05) is 40.9 Å². The molecule has 0 rings (SSSR count). The molecule has 0 aliphatic carbocycles. The SMILES string of the molecule is CCCCCCCCC/C=C\CCCCCCCCCC(=O)NC(COP(=O)([O-])OCC[N+](C)(C)C)C(O)CCCCCCCCCCCCCCCCCCCCCCCCCCCCCCCCCCC. The molecule has 0 aromatic heterocycles. The van der Waals surface area contributed by atoms with Crippen LogP contribution < -0.4 is 10.2 Å². The second-order valence-electron chi connectivity index (χ2n) is 23.8. The number of nitrogens with zero attached hydrogens (tertiary/aromatic N) is 1. The minimum atomic E-state index is -4.57. The Balaban J connectivity index is 3.98. The van der Waals surface area contributed by atoms with Crippen molar-refractivity contribution in [1.29, 1.82) is 0 Å². The number of aliphatic hydroxyl groups is 1. The molecule has 3 atom stereocenters. The van der Waals surface area contributed by atoms with Gasteiger partial charge in [-0.1, -0.05) is 309 Å². The average molecular weight is 1050 g/mol. The maximum Gasteiger partial charge on any atom is 0.268 e. The van der Waals surface area contributed by atoms with Gasteiger partial charge in [0.1, 0.15) is 13.2 Å². The molecule has 3 unspecified atom stereocenters. The molecule has 8 nitrogen and oxygen atoms in total. The fraction of sp³-hybridized carbons (Fsp3) is 0.953. The number of carbonyl (C=O) groups excluding carboxylic acids is 1. The van der Waals surface area contributed by atoms with Crippen LogP contribution in [0.4, 0.5) is 0 Å². The fourth-order valence-electron chi connectivity index (χ4n) is 10.2. The number of phosphoric acid groups is 1. The quantitative estimate of drug-likeness (QED) is 0.0272. The van der Waals surface area contributed by atoms with Gasteiger partial charge in [-0.2, -0.15) is 0 Å². The molecule has 0 saturated heterocycles. The topological polar surface area (TPSA) is 108 Å². The molecular weight excluding hydrogens is 924 g/mol. The number of quaternary nitrogens is 1. The van der Waals surface area contributed by atoms with Gasteiger partial charge in [0.15, 0.2) is 0 Å². The number of hydrogen-bond donors (Lipinski definition) is 2. The Morgan fingerprint density at radius 1 is 0.466 bits per heavy atom. The number of carbonyl (C=O) groups is 1. The number of amides is 1. The first-order chi connectivity index (χ1) is 35.5. The van der Waals surface area contributed by atoms with Gasteiger partial charge in [0.25, 0.3) is 7.82 Å². The highest BCUT2D eigenvalue weighted by Crippen LogP contribution is 2.38. The summed E-state index contributed by atoms with van der Waals surface area (Å²) in [5, 5.41) is 14.1. The number of aliphatic hydroxyl groups excluding tert-OH is 1. The number of rotatable bonds is 61. The first kappa shape index (κ1) is 72.2. The molecule has 0 spiro atoms. The van der Waals surface area contributed by atoms with E-state index in [1.54, 1.807) is 0 Å². The standard InChI is InChI=1S/C64H129N2O6P/c1-6-8-10-12-14-16-18-20-22-24-26-27-28-29-30-31-32-33-34-35-36-37-38-39-40-41-43-45-47-49-51-53-55-57-63(67)62(61-72-73(69,70)71-60-59-66(3,4)5)65-64(68)58-56-54-52-50-48-46-44-42-25-23-21-19-17-15-13-11-9-7-2/h23,25,62-63,67H,6-22,24,26-61H2,1-5H3,(H-,65,68,69,70)/b25-23-. The third-order valence-corrected chi connectivity index (χ3v) is 16.2. The van der Waals surface area contributed by atoms with E-state index in [9.17, 15) is 19.4 Å². The van der Waals surface area contributed by atoms with Crippen LogP contribution >= 0.6 is 7.82 Å². The van der Waals surface area contributed by atoms with Crippen LogP contribution in [0.2, 0.25) is 0 Å². The van der Waals surface area contributed by atoms with Crippen LogP contribution in [0.25, 0.3) is 0 Å². The Morgan fingerprint density at radius 3 is 1.07 bits per heavy atom. The molecule has 0 saturated carbocycles. The van der Waals surface area contributed by atoms with E-state index in [-0.39, 0.29) is 19.1 Å². The van der Waals surface area contributed by atoms with Crippen LogP contribution in [0.3, 0.4) is 0 Å². The molecule has 0 heterocycles. The van der Waals surface area contributed by atoms with E-state index in [4.69, 9.17) is 9.05 Å². The Kier molecular flexibility index (Phi) is 55.4. The number of allylic oxidation sites excluding steroid dienone is 2. The van der Waals surface area contributed by atoms with Gasteiger partial charge in [-0.15, -0.1) is 0 Å². The molecule has 73 heavy (non-hydrogen) atoms. The van der Waals surface area contributed by atoms with E-state index in [0.717, 1.165) is 38.5 Å². The predicted molar refractivity (Wildman–Crippen MR) is 316 cm³/mol. The Labute approximate surface area is 456 Å². The molecule has 0 fully saturated rings. The lowest BCUT2D eigenvalue weighted by molar-refractivity contribution is -0.870. The third-order valence-electron chi connectivity index (χ3n) is 15.3. The number of hydrogen-bond acceptors (Lipinski definition) is 6. The number of phosphoric ester groups is 1. The minimum Gasteiger partial charge on any atom is -0.756 e. The summed E-state index contributed by atoms with van der Waals surface area (Å²) in [5.74, 6) is -0.163. The average Bonchev–Trinajstić information content (AvgIpc) is 3.35. The molecule has 2 N–H and O–H groups in total. The molecule has 9 heteroatoms. The lowest BCUT2D eigenvalue weighted by Crippen LogP contribution is -2.46. The molecule has 0 aromatic rings. The highest BCUT2D eigenvalue weighted by Gasteiger charge is 2.24. The fourth-order valence-corrected chi connectivity index (χ4v) is 10.9. The highest BCUT2D eigenvalue weighted by molar-refractivity contribution is 7.45. The summed E-state index contributed by atoms with van der Waals surface area (Å²) >= 11 is 0.